The van der Waals surface area contributed by atoms with Crippen LogP contribution in [0, 0.1) is 13.8 Å². The molecule has 136 valence electrons. The fourth-order valence-electron chi connectivity index (χ4n) is 4.94. The van der Waals surface area contributed by atoms with Crippen LogP contribution in [0.15, 0.2) is 59.6 Å². The number of pyridine rings is 2. The standard InChI is InChI=1S/C25H21N2S/c1-14-12-19-18-13-17(28-4)8-9-20(18)27-21-7-5-6-16-10-11-26(3)25(23(16)21)22(15(14)2)24(19)27/h5-13H,1-4H3/q+1. The Bertz CT molecular complexity index is 1570. The molecule has 0 radical (unpaired) electrons. The molecule has 0 N–H and O–H groups in total. The first kappa shape index (κ1) is 16.2. The fraction of sp³-hybridized carbons (Fsp3) is 0.160. The molecule has 3 aromatic carbocycles. The van der Waals surface area contributed by atoms with Crippen LogP contribution >= 0.6 is 11.8 Å². The second-order valence-corrected chi connectivity index (χ2v) is 8.70. The van der Waals surface area contributed by atoms with Gasteiger partial charge in [-0.3, -0.25) is 0 Å². The predicted octanol–water partition coefficient (Wildman–Crippen LogP) is 6.15. The summed E-state index contributed by atoms with van der Waals surface area (Å²) in [7, 11) is 2.17. The molecule has 0 aliphatic heterocycles. The molecular weight excluding hydrogens is 360 g/mol. The van der Waals surface area contributed by atoms with Crippen molar-refractivity contribution in [1.29, 1.82) is 0 Å². The topological polar surface area (TPSA) is 8.29 Å². The summed E-state index contributed by atoms with van der Waals surface area (Å²) in [5.41, 5.74) is 7.99. The molecule has 0 bridgehead atoms. The Morgan fingerprint density at radius 3 is 2.57 bits per heavy atom. The van der Waals surface area contributed by atoms with E-state index in [0.29, 0.717) is 0 Å². The molecule has 2 nitrogen and oxygen atoms in total. The van der Waals surface area contributed by atoms with Gasteiger partial charge >= 0.3 is 0 Å². The van der Waals surface area contributed by atoms with Crippen LogP contribution in [0.25, 0.3) is 49.0 Å². The van der Waals surface area contributed by atoms with Gasteiger partial charge in [-0.2, -0.15) is 0 Å². The highest BCUT2D eigenvalue weighted by molar-refractivity contribution is 7.98. The zero-order valence-corrected chi connectivity index (χ0v) is 17.3. The number of thioether (sulfide) groups is 1. The van der Waals surface area contributed by atoms with Crippen LogP contribution in [0.3, 0.4) is 0 Å². The maximum absolute atomic E-state index is 2.49. The van der Waals surface area contributed by atoms with Gasteiger partial charge < -0.3 is 4.40 Å². The van der Waals surface area contributed by atoms with Gasteiger partial charge in [0.2, 0.25) is 5.52 Å². The highest BCUT2D eigenvalue weighted by Gasteiger charge is 2.24. The second kappa shape index (κ2) is 5.39. The van der Waals surface area contributed by atoms with Gasteiger partial charge in [-0.25, -0.2) is 4.57 Å². The summed E-state index contributed by atoms with van der Waals surface area (Å²) in [5, 5.41) is 6.73. The van der Waals surface area contributed by atoms with Crippen LogP contribution in [0.5, 0.6) is 0 Å². The molecule has 0 unspecified atom stereocenters. The smallest absolute Gasteiger partial charge is 0.224 e. The van der Waals surface area contributed by atoms with Gasteiger partial charge in [-0.1, -0.05) is 12.1 Å². The van der Waals surface area contributed by atoms with E-state index in [1.807, 2.05) is 11.8 Å². The Hall–Kier alpha value is -2.78. The molecule has 0 saturated carbocycles. The van der Waals surface area contributed by atoms with Crippen molar-refractivity contribution in [3.8, 4) is 0 Å². The lowest BCUT2D eigenvalue weighted by atomic mass is 9.97. The number of nitrogens with zero attached hydrogens (tertiary/aromatic N) is 2. The number of benzene rings is 3. The molecule has 6 aromatic rings. The van der Waals surface area contributed by atoms with E-state index in [1.165, 1.54) is 65.0 Å². The molecule has 0 aliphatic carbocycles. The van der Waals surface area contributed by atoms with Crippen LogP contribution in [-0.2, 0) is 7.05 Å². The van der Waals surface area contributed by atoms with E-state index < -0.39 is 0 Å². The van der Waals surface area contributed by atoms with Gasteiger partial charge in [-0.15, -0.1) is 11.8 Å². The maximum Gasteiger partial charge on any atom is 0.224 e. The van der Waals surface area contributed by atoms with Crippen molar-refractivity contribution in [3.05, 3.63) is 65.9 Å². The number of hydrogen-bond acceptors (Lipinski definition) is 1. The molecule has 0 fully saturated rings. The predicted molar refractivity (Wildman–Crippen MR) is 121 cm³/mol. The third-order valence-corrected chi connectivity index (χ3v) is 7.12. The van der Waals surface area contributed by atoms with Crippen molar-refractivity contribution < 1.29 is 4.57 Å². The summed E-state index contributed by atoms with van der Waals surface area (Å²) in [6.45, 7) is 4.51. The van der Waals surface area contributed by atoms with Crippen molar-refractivity contribution in [2.24, 2.45) is 7.05 Å². The summed E-state index contributed by atoms with van der Waals surface area (Å²) < 4.78 is 4.79. The summed E-state index contributed by atoms with van der Waals surface area (Å²) >= 11 is 1.81. The van der Waals surface area contributed by atoms with Crippen molar-refractivity contribution in [2.75, 3.05) is 6.26 Å². The quantitative estimate of drug-likeness (QED) is 0.143. The first-order chi connectivity index (χ1) is 13.6. The van der Waals surface area contributed by atoms with Gasteiger partial charge in [0.15, 0.2) is 6.20 Å². The average molecular weight is 382 g/mol. The van der Waals surface area contributed by atoms with Gasteiger partial charge in [0, 0.05) is 21.7 Å². The van der Waals surface area contributed by atoms with E-state index in [9.17, 15) is 0 Å². The third-order valence-electron chi connectivity index (χ3n) is 6.40. The van der Waals surface area contributed by atoms with Crippen LogP contribution in [0.1, 0.15) is 11.1 Å². The lowest BCUT2D eigenvalue weighted by molar-refractivity contribution is -0.643. The Kier molecular flexibility index (Phi) is 3.12. The fourth-order valence-corrected chi connectivity index (χ4v) is 5.38. The van der Waals surface area contributed by atoms with Gasteiger partial charge in [0.25, 0.3) is 0 Å². The van der Waals surface area contributed by atoms with Crippen LogP contribution in [-0.4, -0.2) is 10.7 Å². The summed E-state index contributed by atoms with van der Waals surface area (Å²) in [6.07, 6.45) is 4.34. The van der Waals surface area contributed by atoms with E-state index in [0.717, 1.165) is 0 Å². The van der Waals surface area contributed by atoms with Crippen LogP contribution in [0.2, 0.25) is 0 Å². The zero-order valence-electron chi connectivity index (χ0n) is 16.5. The van der Waals surface area contributed by atoms with E-state index in [4.69, 9.17) is 0 Å². The molecule has 0 aliphatic rings. The van der Waals surface area contributed by atoms with Gasteiger partial charge in [0.05, 0.1) is 27.3 Å². The minimum absolute atomic E-state index is 1.29. The summed E-state index contributed by atoms with van der Waals surface area (Å²) in [6, 6.07) is 18.2. The molecule has 3 heterocycles. The second-order valence-electron chi connectivity index (χ2n) is 7.82. The number of fused-ring (bicyclic) bond motifs is 5. The van der Waals surface area contributed by atoms with E-state index >= 15 is 0 Å². The summed E-state index contributed by atoms with van der Waals surface area (Å²) in [5.74, 6) is 0. The van der Waals surface area contributed by atoms with Crippen molar-refractivity contribution in [3.63, 3.8) is 0 Å². The molecule has 0 atom stereocenters. The Balaban J connectivity index is 2.10. The lowest BCUT2D eigenvalue weighted by Crippen LogP contribution is -2.29. The monoisotopic (exact) mass is 381 g/mol. The lowest BCUT2D eigenvalue weighted by Gasteiger charge is -2.13. The first-order valence-electron chi connectivity index (χ1n) is 9.64. The van der Waals surface area contributed by atoms with Crippen molar-refractivity contribution in [2.45, 2.75) is 18.7 Å². The molecule has 6 rings (SSSR count). The van der Waals surface area contributed by atoms with Crippen LogP contribution < -0.4 is 4.57 Å². The highest BCUT2D eigenvalue weighted by Crippen LogP contribution is 2.42. The van der Waals surface area contributed by atoms with Crippen molar-refractivity contribution >= 4 is 60.8 Å². The normalized spacial score (nSPS) is 12.4. The number of aryl methyl sites for hydroxylation is 3. The zero-order chi connectivity index (χ0) is 19.2. The van der Waals surface area contributed by atoms with E-state index in [1.54, 1.807) is 0 Å². The first-order valence-corrected chi connectivity index (χ1v) is 10.9. The number of hydrogen-bond donors (Lipinski definition) is 0. The summed E-state index contributed by atoms with van der Waals surface area (Å²) in [4.78, 5) is 1.31. The van der Waals surface area contributed by atoms with Gasteiger partial charge in [-0.05, 0) is 66.9 Å². The van der Waals surface area contributed by atoms with E-state index in [-0.39, 0.29) is 0 Å². The van der Waals surface area contributed by atoms with E-state index in [2.05, 4.69) is 90.8 Å². The minimum Gasteiger partial charge on any atom is -0.307 e. The van der Waals surface area contributed by atoms with Crippen LogP contribution in [0.4, 0.5) is 0 Å². The molecule has 3 aromatic heterocycles. The maximum atomic E-state index is 2.49. The molecule has 0 amide bonds. The van der Waals surface area contributed by atoms with Crippen molar-refractivity contribution in [1.82, 2.24) is 4.40 Å². The SMILES string of the molecule is CSc1ccc2c(c1)c1cc(C)c(C)c3c1n2c1cccc2cc[n+](C)c3c21. The number of aromatic nitrogens is 2. The highest BCUT2D eigenvalue weighted by atomic mass is 32.2. The third kappa shape index (κ3) is 1.83. The largest absolute Gasteiger partial charge is 0.307 e. The molecule has 28 heavy (non-hydrogen) atoms. The number of rotatable bonds is 1. The molecule has 0 spiro atoms. The Morgan fingerprint density at radius 2 is 1.75 bits per heavy atom. The molecule has 3 heteroatoms. The van der Waals surface area contributed by atoms with Gasteiger partial charge in [0.1, 0.15) is 7.05 Å². The molecular formula is C25H21N2S+. The Labute approximate surface area is 167 Å². The average Bonchev–Trinajstić information content (AvgIpc) is 3.03. The Morgan fingerprint density at radius 1 is 0.893 bits per heavy atom. The minimum atomic E-state index is 1.29. The molecule has 0 saturated heterocycles.